The fourth-order valence-electron chi connectivity index (χ4n) is 4.15. The molecule has 0 aliphatic carbocycles. The zero-order chi connectivity index (χ0) is 28.4. The summed E-state index contributed by atoms with van der Waals surface area (Å²) in [5.41, 5.74) is 2.02. The number of ether oxygens (including phenoxy) is 1. The van der Waals surface area contributed by atoms with Crippen LogP contribution in [0.3, 0.4) is 0 Å². The van der Waals surface area contributed by atoms with Crippen molar-refractivity contribution in [3.8, 4) is 5.75 Å². The van der Waals surface area contributed by atoms with Crippen LogP contribution in [0.5, 0.6) is 5.75 Å². The minimum atomic E-state index is -3.84. The van der Waals surface area contributed by atoms with Crippen LogP contribution in [0.1, 0.15) is 31.4 Å². The lowest BCUT2D eigenvalue weighted by atomic mass is 10.0. The molecule has 0 heterocycles. The van der Waals surface area contributed by atoms with E-state index >= 15 is 0 Å². The summed E-state index contributed by atoms with van der Waals surface area (Å²) < 4.78 is 32.0. The SMILES string of the molecule is CCC(C)NC(=O)C(Cc1ccccc1)N(Cc1ccccc1)C(=O)CN(c1cccc(OC)c1)S(C)(=O)=O. The van der Waals surface area contributed by atoms with Gasteiger partial charge in [0.25, 0.3) is 0 Å². The van der Waals surface area contributed by atoms with Crippen molar-refractivity contribution in [2.24, 2.45) is 0 Å². The van der Waals surface area contributed by atoms with Crippen molar-refractivity contribution in [3.05, 3.63) is 96.1 Å². The molecular weight excluding hydrogens is 514 g/mol. The number of carbonyl (C=O) groups is 2. The quantitative estimate of drug-likeness (QED) is 0.346. The molecule has 2 amide bonds. The van der Waals surface area contributed by atoms with Gasteiger partial charge < -0.3 is 15.0 Å². The molecule has 8 nitrogen and oxygen atoms in total. The van der Waals surface area contributed by atoms with Gasteiger partial charge >= 0.3 is 0 Å². The van der Waals surface area contributed by atoms with Crippen molar-refractivity contribution in [2.45, 2.75) is 45.3 Å². The zero-order valence-corrected chi connectivity index (χ0v) is 23.7. The molecule has 0 saturated carbocycles. The standard InChI is InChI=1S/C30H37N3O5S/c1-5-23(2)31-30(35)28(19-24-13-8-6-9-14-24)32(21-25-15-10-7-11-16-25)29(34)22-33(39(4,36)37)26-17-12-18-27(20-26)38-3/h6-18,20,23,28H,5,19,21-22H2,1-4H3,(H,31,35). The molecular formula is C30H37N3O5S. The van der Waals surface area contributed by atoms with E-state index in [2.05, 4.69) is 5.32 Å². The molecule has 39 heavy (non-hydrogen) atoms. The summed E-state index contributed by atoms with van der Waals surface area (Å²) in [6, 6.07) is 24.4. The van der Waals surface area contributed by atoms with Crippen molar-refractivity contribution in [1.29, 1.82) is 0 Å². The van der Waals surface area contributed by atoms with Crippen molar-refractivity contribution >= 4 is 27.5 Å². The van der Waals surface area contributed by atoms with Crippen molar-refractivity contribution < 1.29 is 22.7 Å². The van der Waals surface area contributed by atoms with Gasteiger partial charge in [0.1, 0.15) is 18.3 Å². The number of methoxy groups -OCH3 is 1. The number of nitrogens with one attached hydrogen (secondary N) is 1. The Morgan fingerprint density at radius 1 is 0.923 bits per heavy atom. The lowest BCUT2D eigenvalue weighted by Gasteiger charge is -2.34. The molecule has 3 rings (SSSR count). The monoisotopic (exact) mass is 551 g/mol. The van der Waals surface area contributed by atoms with Crippen LogP contribution in [0.4, 0.5) is 5.69 Å². The van der Waals surface area contributed by atoms with E-state index in [0.717, 1.165) is 28.1 Å². The second kappa shape index (κ2) is 13.8. The molecule has 2 unspecified atom stereocenters. The second-order valence-corrected chi connectivity index (χ2v) is 11.4. The topological polar surface area (TPSA) is 96.0 Å². The first-order valence-corrected chi connectivity index (χ1v) is 14.8. The van der Waals surface area contributed by atoms with E-state index in [1.165, 1.54) is 12.0 Å². The Kier molecular flexibility index (Phi) is 10.5. The van der Waals surface area contributed by atoms with Crippen LogP contribution in [-0.4, -0.2) is 57.1 Å². The minimum absolute atomic E-state index is 0.0891. The number of hydrogen-bond donors (Lipinski definition) is 1. The first-order valence-electron chi connectivity index (χ1n) is 12.9. The Hall–Kier alpha value is -3.85. The highest BCUT2D eigenvalue weighted by Gasteiger charge is 2.33. The number of benzene rings is 3. The third kappa shape index (κ3) is 8.58. The van der Waals surface area contributed by atoms with E-state index in [1.807, 2.05) is 74.5 Å². The lowest BCUT2D eigenvalue weighted by Crippen LogP contribution is -2.54. The van der Waals surface area contributed by atoms with Gasteiger partial charge in [0.05, 0.1) is 19.1 Å². The van der Waals surface area contributed by atoms with E-state index < -0.39 is 28.5 Å². The van der Waals surface area contributed by atoms with Gasteiger partial charge in [-0.15, -0.1) is 0 Å². The molecule has 2 atom stereocenters. The highest BCUT2D eigenvalue weighted by molar-refractivity contribution is 7.92. The van der Waals surface area contributed by atoms with Gasteiger partial charge in [0, 0.05) is 25.1 Å². The molecule has 0 radical (unpaired) electrons. The van der Waals surface area contributed by atoms with Gasteiger partial charge in [-0.2, -0.15) is 0 Å². The number of sulfonamides is 1. The maximum atomic E-state index is 14.0. The van der Waals surface area contributed by atoms with Crippen LogP contribution in [0, 0.1) is 0 Å². The highest BCUT2D eigenvalue weighted by Crippen LogP contribution is 2.24. The first-order chi connectivity index (χ1) is 18.6. The third-order valence-corrected chi connectivity index (χ3v) is 7.63. The average molecular weight is 552 g/mol. The average Bonchev–Trinajstić information content (AvgIpc) is 2.93. The zero-order valence-electron chi connectivity index (χ0n) is 22.9. The van der Waals surface area contributed by atoms with E-state index in [-0.39, 0.29) is 24.9 Å². The lowest BCUT2D eigenvalue weighted by molar-refractivity contribution is -0.140. The van der Waals surface area contributed by atoms with Gasteiger partial charge in [-0.1, -0.05) is 73.7 Å². The van der Waals surface area contributed by atoms with Crippen LogP contribution in [0.25, 0.3) is 0 Å². The molecule has 1 N–H and O–H groups in total. The number of anilines is 1. The summed E-state index contributed by atoms with van der Waals surface area (Å²) in [5, 5.41) is 3.02. The van der Waals surface area contributed by atoms with Gasteiger partial charge in [-0.3, -0.25) is 13.9 Å². The molecule has 9 heteroatoms. The first kappa shape index (κ1) is 29.7. The molecule has 0 bridgehead atoms. The molecule has 3 aromatic carbocycles. The van der Waals surface area contributed by atoms with E-state index in [9.17, 15) is 18.0 Å². The van der Waals surface area contributed by atoms with Gasteiger partial charge in [0.2, 0.25) is 21.8 Å². The molecule has 0 fully saturated rings. The molecule has 3 aromatic rings. The molecule has 0 aliphatic heterocycles. The van der Waals surface area contributed by atoms with E-state index in [4.69, 9.17) is 4.74 Å². The van der Waals surface area contributed by atoms with Gasteiger partial charge in [-0.05, 0) is 36.6 Å². The third-order valence-electron chi connectivity index (χ3n) is 6.49. The summed E-state index contributed by atoms with van der Waals surface area (Å²) in [5.74, 6) is -0.318. The summed E-state index contributed by atoms with van der Waals surface area (Å²) in [4.78, 5) is 29.2. The van der Waals surface area contributed by atoms with Crippen LogP contribution >= 0.6 is 0 Å². The maximum absolute atomic E-state index is 14.0. The van der Waals surface area contributed by atoms with Crippen molar-refractivity contribution in [3.63, 3.8) is 0 Å². The smallest absolute Gasteiger partial charge is 0.244 e. The molecule has 0 saturated heterocycles. The minimum Gasteiger partial charge on any atom is -0.497 e. The van der Waals surface area contributed by atoms with E-state index in [1.54, 1.807) is 24.3 Å². The Labute approximate surface area is 231 Å². The Morgan fingerprint density at radius 2 is 1.54 bits per heavy atom. The van der Waals surface area contributed by atoms with Crippen LogP contribution in [-0.2, 0) is 32.6 Å². The van der Waals surface area contributed by atoms with Gasteiger partial charge in [-0.25, -0.2) is 8.42 Å². The number of amides is 2. The van der Waals surface area contributed by atoms with Crippen LogP contribution in [0.15, 0.2) is 84.9 Å². The predicted molar refractivity (Wildman–Crippen MR) is 154 cm³/mol. The fraction of sp³-hybridized carbons (Fsp3) is 0.333. The molecule has 0 aliphatic rings. The predicted octanol–water partition coefficient (Wildman–Crippen LogP) is 4.02. The molecule has 208 valence electrons. The summed E-state index contributed by atoms with van der Waals surface area (Å²) in [7, 11) is -2.36. The fourth-order valence-corrected chi connectivity index (χ4v) is 5.00. The van der Waals surface area contributed by atoms with Crippen molar-refractivity contribution in [1.82, 2.24) is 10.2 Å². The maximum Gasteiger partial charge on any atom is 0.244 e. The Balaban J connectivity index is 2.04. The number of nitrogens with zero attached hydrogens (tertiary/aromatic N) is 2. The second-order valence-electron chi connectivity index (χ2n) is 9.50. The molecule has 0 spiro atoms. The van der Waals surface area contributed by atoms with Crippen LogP contribution in [0.2, 0.25) is 0 Å². The normalized spacial score (nSPS) is 12.7. The number of hydrogen-bond acceptors (Lipinski definition) is 5. The summed E-state index contributed by atoms with van der Waals surface area (Å²) in [6.07, 6.45) is 2.06. The van der Waals surface area contributed by atoms with E-state index in [0.29, 0.717) is 11.4 Å². The number of rotatable bonds is 13. The van der Waals surface area contributed by atoms with Crippen LogP contribution < -0.4 is 14.4 Å². The van der Waals surface area contributed by atoms with Crippen molar-refractivity contribution in [2.75, 3.05) is 24.2 Å². The number of carbonyl (C=O) groups excluding carboxylic acids is 2. The van der Waals surface area contributed by atoms with Gasteiger partial charge in [0.15, 0.2) is 0 Å². The summed E-state index contributed by atoms with van der Waals surface area (Å²) >= 11 is 0. The highest BCUT2D eigenvalue weighted by atomic mass is 32.2. The Morgan fingerprint density at radius 3 is 2.10 bits per heavy atom. The molecule has 0 aromatic heterocycles. The summed E-state index contributed by atoms with van der Waals surface area (Å²) in [6.45, 7) is 3.55. The Bertz CT molecular complexity index is 1330. The largest absolute Gasteiger partial charge is 0.497 e.